The van der Waals surface area contributed by atoms with Crippen molar-refractivity contribution in [2.24, 2.45) is 5.73 Å². The molecule has 0 aliphatic heterocycles. The van der Waals surface area contributed by atoms with E-state index >= 15 is 0 Å². The van der Waals surface area contributed by atoms with Gasteiger partial charge in [0.15, 0.2) is 0 Å². The third-order valence-electron chi connectivity index (χ3n) is 2.58. The molecule has 1 atom stereocenters. The maximum Gasteiger partial charge on any atom is 0.0452 e. The predicted octanol–water partition coefficient (Wildman–Crippen LogP) is 2.22. The SMILES string of the molecule is CCC(N)Cc1cc2ccccn2c1. The van der Waals surface area contributed by atoms with Gasteiger partial charge >= 0.3 is 0 Å². The molecular formula is C12H16N2. The standard InChI is InChI=1S/C12H16N2/c1-2-11(13)7-10-8-12-5-3-4-6-14(12)9-10/h3-6,8-9,11H,2,7,13H2,1H3. The Morgan fingerprint density at radius 2 is 2.29 bits per heavy atom. The van der Waals surface area contributed by atoms with Crippen LogP contribution in [0.25, 0.3) is 5.52 Å². The summed E-state index contributed by atoms with van der Waals surface area (Å²) in [7, 11) is 0. The highest BCUT2D eigenvalue weighted by Gasteiger charge is 2.03. The van der Waals surface area contributed by atoms with Gasteiger partial charge in [0, 0.05) is 24.0 Å². The molecule has 2 aromatic heterocycles. The van der Waals surface area contributed by atoms with E-state index in [2.05, 4.69) is 41.9 Å². The predicted molar refractivity (Wildman–Crippen MR) is 59.4 cm³/mol. The number of hydrogen-bond donors (Lipinski definition) is 1. The van der Waals surface area contributed by atoms with Crippen molar-refractivity contribution in [3.63, 3.8) is 0 Å². The molecule has 0 radical (unpaired) electrons. The lowest BCUT2D eigenvalue weighted by atomic mass is 10.1. The average Bonchev–Trinajstić information content (AvgIpc) is 2.59. The van der Waals surface area contributed by atoms with Gasteiger partial charge in [-0.2, -0.15) is 0 Å². The number of nitrogens with zero attached hydrogens (tertiary/aromatic N) is 1. The summed E-state index contributed by atoms with van der Waals surface area (Å²) in [6.45, 7) is 2.13. The Labute approximate surface area is 84.3 Å². The minimum absolute atomic E-state index is 0.285. The van der Waals surface area contributed by atoms with Crippen LogP contribution in [0.1, 0.15) is 18.9 Å². The van der Waals surface area contributed by atoms with E-state index in [0.717, 1.165) is 12.8 Å². The molecule has 2 N–H and O–H groups in total. The van der Waals surface area contributed by atoms with Crippen molar-refractivity contribution in [1.82, 2.24) is 4.40 Å². The first kappa shape index (κ1) is 9.28. The fourth-order valence-corrected chi connectivity index (χ4v) is 1.67. The van der Waals surface area contributed by atoms with Crippen molar-refractivity contribution in [2.45, 2.75) is 25.8 Å². The lowest BCUT2D eigenvalue weighted by Crippen LogP contribution is -2.20. The van der Waals surface area contributed by atoms with Gasteiger partial charge in [-0.15, -0.1) is 0 Å². The van der Waals surface area contributed by atoms with Gasteiger partial charge in [0.1, 0.15) is 0 Å². The molecule has 0 fully saturated rings. The molecule has 0 aromatic carbocycles. The van der Waals surface area contributed by atoms with Gasteiger partial charge in [-0.25, -0.2) is 0 Å². The minimum Gasteiger partial charge on any atom is -0.327 e. The topological polar surface area (TPSA) is 30.4 Å². The second-order valence-corrected chi connectivity index (χ2v) is 3.75. The zero-order valence-electron chi connectivity index (χ0n) is 8.48. The van der Waals surface area contributed by atoms with Crippen LogP contribution >= 0.6 is 0 Å². The quantitative estimate of drug-likeness (QED) is 0.786. The Bertz CT molecular complexity index is 384. The first-order valence-electron chi connectivity index (χ1n) is 5.11. The molecule has 0 bridgehead atoms. The number of aromatic nitrogens is 1. The van der Waals surface area contributed by atoms with Crippen LogP contribution in [0, 0.1) is 0 Å². The lowest BCUT2D eigenvalue weighted by molar-refractivity contribution is 0.646. The first-order valence-corrected chi connectivity index (χ1v) is 5.11. The molecule has 0 amide bonds. The van der Waals surface area contributed by atoms with Crippen molar-refractivity contribution >= 4 is 5.52 Å². The molecule has 2 heterocycles. The lowest BCUT2D eigenvalue weighted by Gasteiger charge is -2.05. The van der Waals surface area contributed by atoms with Gasteiger partial charge in [0.25, 0.3) is 0 Å². The monoisotopic (exact) mass is 188 g/mol. The summed E-state index contributed by atoms with van der Waals surface area (Å²) in [5, 5.41) is 0. The van der Waals surface area contributed by atoms with Crippen molar-refractivity contribution in [3.05, 3.63) is 42.2 Å². The molecule has 0 aliphatic carbocycles. The number of rotatable bonds is 3. The zero-order chi connectivity index (χ0) is 9.97. The molecular weight excluding hydrogens is 172 g/mol. The molecule has 2 heteroatoms. The number of hydrogen-bond acceptors (Lipinski definition) is 1. The van der Waals surface area contributed by atoms with Gasteiger partial charge in [-0.05, 0) is 36.6 Å². The highest BCUT2D eigenvalue weighted by Crippen LogP contribution is 2.11. The summed E-state index contributed by atoms with van der Waals surface area (Å²) in [5.41, 5.74) is 8.48. The minimum atomic E-state index is 0.285. The molecule has 2 rings (SSSR count). The van der Waals surface area contributed by atoms with Crippen molar-refractivity contribution < 1.29 is 0 Å². The normalized spacial score (nSPS) is 13.3. The fraction of sp³-hybridized carbons (Fsp3) is 0.333. The summed E-state index contributed by atoms with van der Waals surface area (Å²) in [4.78, 5) is 0. The van der Waals surface area contributed by atoms with Gasteiger partial charge < -0.3 is 10.1 Å². The summed E-state index contributed by atoms with van der Waals surface area (Å²) >= 11 is 0. The summed E-state index contributed by atoms with van der Waals surface area (Å²) < 4.78 is 2.14. The highest BCUT2D eigenvalue weighted by atomic mass is 14.8. The smallest absolute Gasteiger partial charge is 0.0452 e. The first-order chi connectivity index (χ1) is 6.79. The Morgan fingerprint density at radius 3 is 3.00 bits per heavy atom. The van der Waals surface area contributed by atoms with E-state index in [1.165, 1.54) is 11.1 Å². The molecule has 0 spiro atoms. The van der Waals surface area contributed by atoms with Crippen LogP contribution in [0.4, 0.5) is 0 Å². The molecule has 14 heavy (non-hydrogen) atoms. The second-order valence-electron chi connectivity index (χ2n) is 3.75. The Hall–Kier alpha value is -1.28. The number of nitrogens with two attached hydrogens (primary N) is 1. The van der Waals surface area contributed by atoms with Gasteiger partial charge in [0.2, 0.25) is 0 Å². The molecule has 0 aliphatic rings. The van der Waals surface area contributed by atoms with Crippen LogP contribution in [0.15, 0.2) is 36.7 Å². The van der Waals surface area contributed by atoms with Crippen LogP contribution in [0.2, 0.25) is 0 Å². The number of pyridine rings is 1. The maximum atomic E-state index is 5.92. The van der Waals surface area contributed by atoms with E-state index in [1.54, 1.807) is 0 Å². The Kier molecular flexibility index (Phi) is 2.55. The third-order valence-corrected chi connectivity index (χ3v) is 2.58. The average molecular weight is 188 g/mol. The van der Waals surface area contributed by atoms with E-state index in [0.29, 0.717) is 0 Å². The van der Waals surface area contributed by atoms with E-state index in [1.807, 2.05) is 6.07 Å². The van der Waals surface area contributed by atoms with Crippen molar-refractivity contribution in [2.75, 3.05) is 0 Å². The van der Waals surface area contributed by atoms with Gasteiger partial charge in [-0.1, -0.05) is 13.0 Å². The highest BCUT2D eigenvalue weighted by molar-refractivity contribution is 5.50. The third kappa shape index (κ3) is 1.80. The summed E-state index contributed by atoms with van der Waals surface area (Å²) in [5.74, 6) is 0. The maximum absolute atomic E-state index is 5.92. The fourth-order valence-electron chi connectivity index (χ4n) is 1.67. The molecule has 74 valence electrons. The van der Waals surface area contributed by atoms with E-state index in [-0.39, 0.29) is 6.04 Å². The Balaban J connectivity index is 2.27. The Morgan fingerprint density at radius 1 is 1.43 bits per heavy atom. The van der Waals surface area contributed by atoms with Crippen LogP contribution in [0.3, 0.4) is 0 Å². The second kappa shape index (κ2) is 3.84. The van der Waals surface area contributed by atoms with Crippen molar-refractivity contribution in [1.29, 1.82) is 0 Å². The van der Waals surface area contributed by atoms with Crippen LogP contribution in [-0.2, 0) is 6.42 Å². The molecule has 1 unspecified atom stereocenters. The summed E-state index contributed by atoms with van der Waals surface area (Å²) in [6, 6.07) is 8.69. The largest absolute Gasteiger partial charge is 0.327 e. The van der Waals surface area contributed by atoms with Gasteiger partial charge in [0.05, 0.1) is 0 Å². The van der Waals surface area contributed by atoms with Crippen molar-refractivity contribution in [3.8, 4) is 0 Å². The molecule has 2 nitrogen and oxygen atoms in total. The number of fused-ring (bicyclic) bond motifs is 1. The zero-order valence-corrected chi connectivity index (χ0v) is 8.48. The van der Waals surface area contributed by atoms with Crippen LogP contribution in [0.5, 0.6) is 0 Å². The van der Waals surface area contributed by atoms with Crippen LogP contribution < -0.4 is 5.73 Å². The molecule has 2 aromatic rings. The van der Waals surface area contributed by atoms with E-state index in [9.17, 15) is 0 Å². The molecule has 0 saturated heterocycles. The van der Waals surface area contributed by atoms with E-state index < -0.39 is 0 Å². The van der Waals surface area contributed by atoms with Gasteiger partial charge in [-0.3, -0.25) is 0 Å². The molecule has 0 saturated carbocycles. The van der Waals surface area contributed by atoms with E-state index in [4.69, 9.17) is 5.73 Å². The summed E-state index contributed by atoms with van der Waals surface area (Å²) in [6.07, 6.45) is 6.23. The van der Waals surface area contributed by atoms with Crippen LogP contribution in [-0.4, -0.2) is 10.4 Å².